The average molecular weight is 275 g/mol. The van der Waals surface area contributed by atoms with E-state index in [-0.39, 0.29) is 5.57 Å². The molecule has 106 valence electrons. The Morgan fingerprint density at radius 2 is 1.60 bits per heavy atom. The molecule has 0 spiro atoms. The predicted molar refractivity (Wildman–Crippen MR) is 76.1 cm³/mol. The summed E-state index contributed by atoms with van der Waals surface area (Å²) in [5, 5.41) is 0. The van der Waals surface area contributed by atoms with Gasteiger partial charge in [0.1, 0.15) is 5.57 Å². The SMILES string of the molecule is COC(=O)C(=C/C=C/N(C)c1ccccc1)C(=O)OC. The number of allylic oxidation sites excluding steroid dienone is 2. The Morgan fingerprint density at radius 3 is 2.10 bits per heavy atom. The van der Waals surface area contributed by atoms with Gasteiger partial charge in [0.25, 0.3) is 0 Å². The van der Waals surface area contributed by atoms with Crippen LogP contribution in [-0.4, -0.2) is 33.2 Å². The van der Waals surface area contributed by atoms with Gasteiger partial charge in [-0.25, -0.2) is 9.59 Å². The normalized spacial score (nSPS) is 9.95. The summed E-state index contributed by atoms with van der Waals surface area (Å²) in [6.45, 7) is 0. The van der Waals surface area contributed by atoms with Gasteiger partial charge in [0.15, 0.2) is 0 Å². The minimum atomic E-state index is -0.733. The number of benzene rings is 1. The number of carbonyl (C=O) groups is 2. The van der Waals surface area contributed by atoms with Crippen LogP contribution in [0.3, 0.4) is 0 Å². The molecule has 0 aliphatic heterocycles. The molecule has 0 saturated heterocycles. The van der Waals surface area contributed by atoms with Crippen molar-refractivity contribution in [3.05, 3.63) is 54.3 Å². The number of rotatable bonds is 5. The van der Waals surface area contributed by atoms with E-state index in [2.05, 4.69) is 9.47 Å². The van der Waals surface area contributed by atoms with Crippen molar-refractivity contribution < 1.29 is 19.1 Å². The monoisotopic (exact) mass is 275 g/mol. The molecule has 0 radical (unpaired) electrons. The van der Waals surface area contributed by atoms with E-state index >= 15 is 0 Å². The molecule has 0 aromatic heterocycles. The van der Waals surface area contributed by atoms with Gasteiger partial charge in [0.05, 0.1) is 14.2 Å². The average Bonchev–Trinajstić information content (AvgIpc) is 2.50. The van der Waals surface area contributed by atoms with E-state index in [0.717, 1.165) is 5.69 Å². The molecule has 0 aliphatic rings. The minimum Gasteiger partial charge on any atom is -0.465 e. The molecule has 1 aromatic rings. The number of nitrogens with zero attached hydrogens (tertiary/aromatic N) is 1. The van der Waals surface area contributed by atoms with Gasteiger partial charge >= 0.3 is 11.9 Å². The molecular formula is C15H17NO4. The Balaban J connectivity index is 2.84. The maximum atomic E-state index is 11.4. The zero-order valence-electron chi connectivity index (χ0n) is 11.7. The summed E-state index contributed by atoms with van der Waals surface area (Å²) in [6.07, 6.45) is 4.66. The summed E-state index contributed by atoms with van der Waals surface area (Å²) in [6, 6.07) is 9.65. The third kappa shape index (κ3) is 4.28. The molecule has 1 aromatic carbocycles. The molecule has 0 aliphatic carbocycles. The first-order chi connectivity index (χ1) is 9.60. The van der Waals surface area contributed by atoms with E-state index in [1.54, 1.807) is 12.3 Å². The summed E-state index contributed by atoms with van der Waals surface area (Å²) >= 11 is 0. The van der Waals surface area contributed by atoms with Crippen molar-refractivity contribution in [3.63, 3.8) is 0 Å². The summed E-state index contributed by atoms with van der Waals surface area (Å²) in [5.41, 5.74) is 0.822. The molecule has 0 N–H and O–H groups in total. The van der Waals surface area contributed by atoms with E-state index in [4.69, 9.17) is 0 Å². The molecule has 1 rings (SSSR count). The van der Waals surface area contributed by atoms with Crippen molar-refractivity contribution in [1.82, 2.24) is 0 Å². The van der Waals surface area contributed by atoms with Gasteiger partial charge < -0.3 is 14.4 Å². The third-order valence-corrected chi connectivity index (χ3v) is 2.55. The minimum absolute atomic E-state index is 0.160. The second-order valence-electron chi connectivity index (χ2n) is 3.85. The number of hydrogen-bond acceptors (Lipinski definition) is 5. The summed E-state index contributed by atoms with van der Waals surface area (Å²) in [5.74, 6) is -1.47. The summed E-state index contributed by atoms with van der Waals surface area (Å²) in [4.78, 5) is 24.7. The van der Waals surface area contributed by atoms with Crippen LogP contribution in [0.4, 0.5) is 5.69 Å². The smallest absolute Gasteiger partial charge is 0.345 e. The fourth-order valence-corrected chi connectivity index (χ4v) is 1.46. The van der Waals surface area contributed by atoms with Gasteiger partial charge in [-0.05, 0) is 24.3 Å². The Kier molecular flexibility index (Phi) is 6.03. The molecule has 0 atom stereocenters. The Bertz CT molecular complexity index is 502. The Hall–Kier alpha value is -2.56. The predicted octanol–water partition coefficient (Wildman–Crippen LogP) is 1.91. The highest BCUT2D eigenvalue weighted by Gasteiger charge is 2.18. The third-order valence-electron chi connectivity index (χ3n) is 2.55. The molecule has 0 amide bonds. The van der Waals surface area contributed by atoms with Crippen molar-refractivity contribution >= 4 is 17.6 Å². The van der Waals surface area contributed by atoms with E-state index < -0.39 is 11.9 Å². The van der Waals surface area contributed by atoms with Gasteiger partial charge in [-0.15, -0.1) is 0 Å². The molecule has 20 heavy (non-hydrogen) atoms. The number of anilines is 1. The molecule has 0 bridgehead atoms. The molecular weight excluding hydrogens is 258 g/mol. The maximum absolute atomic E-state index is 11.4. The number of para-hydroxylation sites is 1. The first kappa shape index (κ1) is 15.5. The van der Waals surface area contributed by atoms with Crippen LogP contribution >= 0.6 is 0 Å². The summed E-state index contributed by atoms with van der Waals surface area (Å²) < 4.78 is 9.04. The number of carbonyl (C=O) groups excluding carboxylic acids is 2. The Morgan fingerprint density at radius 1 is 1.05 bits per heavy atom. The van der Waals surface area contributed by atoms with Crippen molar-refractivity contribution in [2.75, 3.05) is 26.2 Å². The highest BCUT2D eigenvalue weighted by Crippen LogP contribution is 2.11. The zero-order valence-corrected chi connectivity index (χ0v) is 11.7. The summed E-state index contributed by atoms with van der Waals surface area (Å²) in [7, 11) is 4.27. The topological polar surface area (TPSA) is 55.8 Å². The second-order valence-corrected chi connectivity index (χ2v) is 3.85. The standard InChI is InChI=1S/C15H17NO4/c1-16(12-8-5-4-6-9-12)11-7-10-13(14(17)19-2)15(18)20-3/h4-11H,1-3H3/b11-7+. The molecule has 0 heterocycles. The van der Waals surface area contributed by atoms with Crippen molar-refractivity contribution in [2.24, 2.45) is 0 Å². The van der Waals surface area contributed by atoms with E-state index in [1.807, 2.05) is 42.3 Å². The van der Waals surface area contributed by atoms with Gasteiger partial charge in [-0.3, -0.25) is 0 Å². The fourth-order valence-electron chi connectivity index (χ4n) is 1.46. The van der Waals surface area contributed by atoms with Gasteiger partial charge in [-0.2, -0.15) is 0 Å². The zero-order chi connectivity index (χ0) is 15.0. The van der Waals surface area contributed by atoms with Crippen LogP contribution in [0.5, 0.6) is 0 Å². The lowest BCUT2D eigenvalue weighted by Crippen LogP contribution is -2.15. The van der Waals surface area contributed by atoms with Crippen LogP contribution in [0.2, 0.25) is 0 Å². The molecule has 5 nitrogen and oxygen atoms in total. The largest absolute Gasteiger partial charge is 0.465 e. The van der Waals surface area contributed by atoms with Crippen LogP contribution in [0.15, 0.2) is 54.3 Å². The number of esters is 2. The lowest BCUT2D eigenvalue weighted by Gasteiger charge is -2.13. The first-order valence-corrected chi connectivity index (χ1v) is 5.93. The van der Waals surface area contributed by atoms with Crippen molar-refractivity contribution in [1.29, 1.82) is 0 Å². The second kappa shape index (κ2) is 7.78. The molecule has 5 heteroatoms. The van der Waals surface area contributed by atoms with Gasteiger partial charge in [-0.1, -0.05) is 18.2 Å². The van der Waals surface area contributed by atoms with Crippen LogP contribution < -0.4 is 4.90 Å². The number of ether oxygens (including phenoxy) is 2. The quantitative estimate of drug-likeness (QED) is 0.270. The highest BCUT2D eigenvalue weighted by atomic mass is 16.5. The fraction of sp³-hybridized carbons (Fsp3) is 0.200. The maximum Gasteiger partial charge on any atom is 0.345 e. The first-order valence-electron chi connectivity index (χ1n) is 5.93. The van der Waals surface area contributed by atoms with E-state index in [1.165, 1.54) is 20.3 Å². The molecule has 0 saturated carbocycles. The molecule has 0 fully saturated rings. The van der Waals surface area contributed by atoms with E-state index in [9.17, 15) is 9.59 Å². The highest BCUT2D eigenvalue weighted by molar-refractivity contribution is 6.14. The van der Waals surface area contributed by atoms with Crippen molar-refractivity contribution in [2.45, 2.75) is 0 Å². The van der Waals surface area contributed by atoms with Crippen LogP contribution in [0.25, 0.3) is 0 Å². The Labute approximate surface area is 118 Å². The number of methoxy groups -OCH3 is 2. The number of hydrogen-bond donors (Lipinski definition) is 0. The lowest BCUT2D eigenvalue weighted by molar-refractivity contribution is -0.144. The van der Waals surface area contributed by atoms with Gasteiger partial charge in [0.2, 0.25) is 0 Å². The van der Waals surface area contributed by atoms with Crippen LogP contribution in [0.1, 0.15) is 0 Å². The lowest BCUT2D eigenvalue weighted by atomic mass is 10.2. The van der Waals surface area contributed by atoms with Crippen LogP contribution in [-0.2, 0) is 19.1 Å². The molecule has 0 unspecified atom stereocenters. The van der Waals surface area contributed by atoms with Crippen molar-refractivity contribution in [3.8, 4) is 0 Å². The van der Waals surface area contributed by atoms with Gasteiger partial charge in [0, 0.05) is 18.9 Å². The van der Waals surface area contributed by atoms with E-state index in [0.29, 0.717) is 0 Å². The van der Waals surface area contributed by atoms with Crippen LogP contribution in [0, 0.1) is 0 Å².